The molecule has 0 bridgehead atoms. The number of amides is 1. The highest BCUT2D eigenvalue weighted by Crippen LogP contribution is 2.26. The van der Waals surface area contributed by atoms with Crippen LogP contribution in [0.5, 0.6) is 0 Å². The molecule has 0 saturated carbocycles. The van der Waals surface area contributed by atoms with Gasteiger partial charge in [0.1, 0.15) is 5.69 Å². The molecule has 0 fully saturated rings. The Morgan fingerprint density at radius 3 is 2.61 bits per heavy atom. The maximum absolute atomic E-state index is 12.2. The average molecular weight is 335 g/mol. The molecule has 2 rings (SSSR count). The van der Waals surface area contributed by atoms with Gasteiger partial charge < -0.3 is 15.4 Å². The van der Waals surface area contributed by atoms with Crippen molar-refractivity contribution in [2.75, 3.05) is 6.54 Å². The normalized spacial score (nSPS) is 11.4. The number of aromatic nitrogens is 2. The minimum absolute atomic E-state index is 0.109. The molecule has 0 aromatic carbocycles. The monoisotopic (exact) mass is 335 g/mol. The van der Waals surface area contributed by atoms with Gasteiger partial charge in [-0.05, 0) is 25.8 Å². The number of thiazole rings is 1. The van der Waals surface area contributed by atoms with Crippen molar-refractivity contribution in [3.05, 3.63) is 28.3 Å². The third-order valence-corrected chi connectivity index (χ3v) is 5.01. The van der Waals surface area contributed by atoms with E-state index in [0.717, 1.165) is 16.3 Å². The van der Waals surface area contributed by atoms with Gasteiger partial charge in [0.2, 0.25) is 0 Å². The minimum atomic E-state index is -0.920. The van der Waals surface area contributed by atoms with Crippen molar-refractivity contribution in [1.29, 1.82) is 0 Å². The van der Waals surface area contributed by atoms with E-state index in [1.54, 1.807) is 23.6 Å². The summed E-state index contributed by atoms with van der Waals surface area (Å²) < 4.78 is 0. The van der Waals surface area contributed by atoms with Crippen LogP contribution in [0.4, 0.5) is 0 Å². The summed E-state index contributed by atoms with van der Waals surface area (Å²) in [6.07, 6.45) is 2.66. The van der Waals surface area contributed by atoms with Crippen molar-refractivity contribution in [3.8, 4) is 11.3 Å². The Morgan fingerprint density at radius 2 is 2.09 bits per heavy atom. The number of aliphatic carboxylic acids is 1. The quantitative estimate of drug-likeness (QED) is 0.724. The summed E-state index contributed by atoms with van der Waals surface area (Å²) in [5.74, 6) is -1.19. The molecule has 3 N–H and O–H groups in total. The molecule has 2 heterocycles. The van der Waals surface area contributed by atoms with E-state index in [9.17, 15) is 14.7 Å². The topological polar surface area (TPSA) is 95.1 Å². The van der Waals surface area contributed by atoms with Gasteiger partial charge in [-0.3, -0.25) is 9.59 Å². The van der Waals surface area contributed by atoms with E-state index >= 15 is 0 Å². The largest absolute Gasteiger partial charge is 0.481 e. The third kappa shape index (κ3) is 3.61. The van der Waals surface area contributed by atoms with Crippen molar-refractivity contribution >= 4 is 23.2 Å². The van der Waals surface area contributed by atoms with Gasteiger partial charge in [-0.1, -0.05) is 13.8 Å². The first-order chi connectivity index (χ1) is 10.9. The molecule has 6 nitrogen and oxygen atoms in total. The summed E-state index contributed by atoms with van der Waals surface area (Å²) in [6.45, 7) is 5.68. The number of nitrogens with zero attached hydrogens (tertiary/aromatic N) is 1. The molecule has 2 aromatic rings. The molecule has 0 saturated heterocycles. The van der Waals surface area contributed by atoms with Crippen LogP contribution in [0.2, 0.25) is 0 Å². The van der Waals surface area contributed by atoms with Crippen molar-refractivity contribution in [1.82, 2.24) is 15.3 Å². The number of carboxylic acids is 1. The molecule has 0 spiro atoms. The summed E-state index contributed by atoms with van der Waals surface area (Å²) >= 11 is 1.55. The molecule has 0 aliphatic carbocycles. The third-order valence-electron chi connectivity index (χ3n) is 4.24. The molecule has 2 aromatic heterocycles. The van der Waals surface area contributed by atoms with E-state index in [1.165, 1.54) is 0 Å². The molecule has 0 aliphatic heterocycles. The first-order valence-corrected chi connectivity index (χ1v) is 8.42. The SMILES string of the molecule is CCC(CC)(CNC(=O)c1cc(-c2csc(C)n2)c[nH]1)C(=O)O. The maximum atomic E-state index is 12.2. The molecule has 124 valence electrons. The summed E-state index contributed by atoms with van der Waals surface area (Å²) in [7, 11) is 0. The number of carboxylic acid groups (broad SMARTS) is 1. The molecule has 0 atom stereocenters. The van der Waals surface area contributed by atoms with E-state index in [2.05, 4.69) is 15.3 Å². The first kappa shape index (κ1) is 17.2. The Balaban J connectivity index is 2.07. The van der Waals surface area contributed by atoms with Gasteiger partial charge in [-0.15, -0.1) is 11.3 Å². The van der Waals surface area contributed by atoms with E-state index in [0.29, 0.717) is 18.5 Å². The lowest BCUT2D eigenvalue weighted by Crippen LogP contribution is -2.42. The van der Waals surface area contributed by atoms with Crippen LogP contribution in [0.3, 0.4) is 0 Å². The zero-order valence-corrected chi connectivity index (χ0v) is 14.3. The summed E-state index contributed by atoms with van der Waals surface area (Å²) in [6, 6.07) is 1.73. The smallest absolute Gasteiger partial charge is 0.311 e. The summed E-state index contributed by atoms with van der Waals surface area (Å²) in [5.41, 5.74) is 1.15. The Kier molecular flexibility index (Phi) is 5.20. The van der Waals surface area contributed by atoms with Crippen molar-refractivity contribution in [3.63, 3.8) is 0 Å². The highest BCUT2D eigenvalue weighted by molar-refractivity contribution is 7.09. The van der Waals surface area contributed by atoms with E-state index in [1.807, 2.05) is 26.2 Å². The predicted octanol–water partition coefficient (Wildman–Crippen LogP) is 3.07. The van der Waals surface area contributed by atoms with Gasteiger partial charge in [-0.2, -0.15) is 0 Å². The van der Waals surface area contributed by atoms with Crippen LogP contribution in [0, 0.1) is 12.3 Å². The van der Waals surface area contributed by atoms with Crippen LogP contribution in [0.25, 0.3) is 11.3 Å². The van der Waals surface area contributed by atoms with Crippen molar-refractivity contribution in [2.24, 2.45) is 5.41 Å². The molecule has 0 unspecified atom stereocenters. The van der Waals surface area contributed by atoms with Crippen molar-refractivity contribution in [2.45, 2.75) is 33.6 Å². The zero-order valence-electron chi connectivity index (χ0n) is 13.5. The molecule has 0 radical (unpaired) electrons. The Bertz CT molecular complexity index is 701. The lowest BCUT2D eigenvalue weighted by atomic mass is 9.82. The molecule has 7 heteroatoms. The number of carbonyl (C=O) groups is 2. The van der Waals surface area contributed by atoms with Gasteiger partial charge in [0.25, 0.3) is 5.91 Å². The standard InChI is InChI=1S/C16H21N3O3S/c1-4-16(5-2,15(21)22)9-18-14(20)12-6-11(7-17-12)13-8-23-10(3)19-13/h6-8,17H,4-5,9H2,1-3H3,(H,18,20)(H,21,22). The number of nitrogens with one attached hydrogen (secondary N) is 2. The van der Waals surface area contributed by atoms with Gasteiger partial charge in [0, 0.05) is 23.7 Å². The van der Waals surface area contributed by atoms with Gasteiger partial charge in [0.05, 0.1) is 16.1 Å². The molecular formula is C16H21N3O3S. The fraction of sp³-hybridized carbons (Fsp3) is 0.438. The molecular weight excluding hydrogens is 314 g/mol. The van der Waals surface area contributed by atoms with Crippen LogP contribution in [0.1, 0.15) is 42.2 Å². The lowest BCUT2D eigenvalue weighted by molar-refractivity contribution is -0.149. The Morgan fingerprint density at radius 1 is 1.39 bits per heavy atom. The second kappa shape index (κ2) is 6.95. The van der Waals surface area contributed by atoms with Gasteiger partial charge in [-0.25, -0.2) is 4.98 Å². The number of carbonyl (C=O) groups excluding carboxylic acids is 1. The Labute approximate surface area is 139 Å². The van der Waals surface area contributed by atoms with Gasteiger partial charge in [0.15, 0.2) is 0 Å². The number of hydrogen-bond donors (Lipinski definition) is 3. The van der Waals surface area contributed by atoms with Crippen LogP contribution >= 0.6 is 11.3 Å². The highest BCUT2D eigenvalue weighted by atomic mass is 32.1. The minimum Gasteiger partial charge on any atom is -0.481 e. The predicted molar refractivity (Wildman–Crippen MR) is 89.6 cm³/mol. The number of hydrogen-bond acceptors (Lipinski definition) is 4. The lowest BCUT2D eigenvalue weighted by Gasteiger charge is -2.26. The number of H-pyrrole nitrogens is 1. The highest BCUT2D eigenvalue weighted by Gasteiger charge is 2.35. The molecule has 23 heavy (non-hydrogen) atoms. The van der Waals surface area contributed by atoms with E-state index < -0.39 is 11.4 Å². The number of aryl methyl sites for hydroxylation is 1. The average Bonchev–Trinajstić information content (AvgIpc) is 3.17. The first-order valence-electron chi connectivity index (χ1n) is 7.54. The van der Waals surface area contributed by atoms with Crippen LogP contribution in [0.15, 0.2) is 17.6 Å². The van der Waals surface area contributed by atoms with E-state index in [-0.39, 0.29) is 12.5 Å². The second-order valence-electron chi connectivity index (χ2n) is 5.53. The van der Waals surface area contributed by atoms with Crippen LogP contribution in [-0.4, -0.2) is 33.5 Å². The summed E-state index contributed by atoms with van der Waals surface area (Å²) in [4.78, 5) is 31.0. The fourth-order valence-electron chi connectivity index (χ4n) is 2.39. The van der Waals surface area contributed by atoms with Gasteiger partial charge >= 0.3 is 5.97 Å². The summed E-state index contributed by atoms with van der Waals surface area (Å²) in [5, 5.41) is 15.0. The molecule has 0 aliphatic rings. The maximum Gasteiger partial charge on any atom is 0.311 e. The second-order valence-corrected chi connectivity index (χ2v) is 6.59. The van der Waals surface area contributed by atoms with Crippen molar-refractivity contribution < 1.29 is 14.7 Å². The zero-order chi connectivity index (χ0) is 17.0. The molecule has 1 amide bonds. The fourth-order valence-corrected chi connectivity index (χ4v) is 3.01. The number of aromatic amines is 1. The Hall–Kier alpha value is -2.15. The van der Waals surface area contributed by atoms with Crippen LogP contribution in [-0.2, 0) is 4.79 Å². The van der Waals surface area contributed by atoms with E-state index in [4.69, 9.17) is 0 Å². The van der Waals surface area contributed by atoms with Crippen LogP contribution < -0.4 is 5.32 Å². The number of rotatable bonds is 7.